The quantitative estimate of drug-likeness (QED) is 0.744. The van der Waals surface area contributed by atoms with E-state index in [9.17, 15) is 9.59 Å². The molecule has 0 radical (unpaired) electrons. The molecule has 1 aromatic carbocycles. The maximum absolute atomic E-state index is 12.0. The van der Waals surface area contributed by atoms with Crippen molar-refractivity contribution in [3.8, 4) is 0 Å². The van der Waals surface area contributed by atoms with E-state index in [-0.39, 0.29) is 24.1 Å². The van der Waals surface area contributed by atoms with Crippen LogP contribution in [0.5, 0.6) is 0 Å². The molecule has 5 nitrogen and oxygen atoms in total. The molecule has 0 saturated carbocycles. The minimum absolute atomic E-state index is 0.167. The fourth-order valence-electron chi connectivity index (χ4n) is 3.07. The summed E-state index contributed by atoms with van der Waals surface area (Å²) < 4.78 is 16.0. The summed E-state index contributed by atoms with van der Waals surface area (Å²) in [5.41, 5.74) is 0.928. The number of ether oxygens (including phenoxy) is 3. The van der Waals surface area contributed by atoms with E-state index in [0.717, 1.165) is 24.8 Å². The Hall–Kier alpha value is -2.04. The molecule has 0 aromatic heterocycles. The SMILES string of the molecule is O=C1CCCC[C@H]2COC(=O)O[C@@H]2C[C@H](c2ccccc2)O1. The standard InChI is InChI=1S/C17H20O5/c18-16-9-5-4-8-13-11-20-17(19)22-15(13)10-14(21-16)12-6-2-1-3-7-12/h1-3,6-7,13-15H,4-5,8-11H2/t13-,14+,15+/m0/s1. The topological polar surface area (TPSA) is 61.8 Å². The molecule has 22 heavy (non-hydrogen) atoms. The van der Waals surface area contributed by atoms with E-state index in [1.165, 1.54) is 0 Å². The van der Waals surface area contributed by atoms with Gasteiger partial charge in [0.05, 0.1) is 0 Å². The van der Waals surface area contributed by atoms with Gasteiger partial charge in [0, 0.05) is 18.8 Å². The highest BCUT2D eigenvalue weighted by molar-refractivity contribution is 5.69. The normalized spacial score (nSPS) is 29.5. The number of esters is 1. The Kier molecular flexibility index (Phi) is 4.61. The smallest absolute Gasteiger partial charge is 0.457 e. The highest BCUT2D eigenvalue weighted by Crippen LogP contribution is 2.33. The summed E-state index contributed by atoms with van der Waals surface area (Å²) >= 11 is 0. The van der Waals surface area contributed by atoms with Gasteiger partial charge in [-0.25, -0.2) is 4.79 Å². The van der Waals surface area contributed by atoms with Crippen LogP contribution in [0.3, 0.4) is 0 Å². The third-order valence-corrected chi connectivity index (χ3v) is 4.29. The van der Waals surface area contributed by atoms with Crippen LogP contribution in [0.15, 0.2) is 30.3 Å². The molecule has 3 atom stereocenters. The van der Waals surface area contributed by atoms with E-state index in [2.05, 4.69) is 0 Å². The van der Waals surface area contributed by atoms with Crippen molar-refractivity contribution < 1.29 is 23.8 Å². The van der Waals surface area contributed by atoms with Crippen LogP contribution in [0.2, 0.25) is 0 Å². The lowest BCUT2D eigenvalue weighted by Crippen LogP contribution is -2.38. The molecule has 2 aliphatic rings. The predicted molar refractivity (Wildman–Crippen MR) is 78.1 cm³/mol. The molecule has 2 heterocycles. The van der Waals surface area contributed by atoms with Crippen LogP contribution in [0.4, 0.5) is 4.79 Å². The molecule has 118 valence electrons. The molecule has 1 aromatic rings. The maximum atomic E-state index is 12.0. The second-order valence-corrected chi connectivity index (χ2v) is 5.85. The highest BCUT2D eigenvalue weighted by Gasteiger charge is 2.35. The molecule has 2 aliphatic heterocycles. The summed E-state index contributed by atoms with van der Waals surface area (Å²) in [4.78, 5) is 23.4. The number of fused-ring (bicyclic) bond motifs is 1. The minimum Gasteiger partial charge on any atom is -0.457 e. The van der Waals surface area contributed by atoms with Gasteiger partial charge in [0.1, 0.15) is 18.8 Å². The van der Waals surface area contributed by atoms with Crippen LogP contribution in [-0.2, 0) is 19.0 Å². The Morgan fingerprint density at radius 1 is 1.00 bits per heavy atom. The van der Waals surface area contributed by atoms with Gasteiger partial charge in [-0.2, -0.15) is 0 Å². The Morgan fingerprint density at radius 2 is 1.82 bits per heavy atom. The molecule has 2 fully saturated rings. The largest absolute Gasteiger partial charge is 0.508 e. The number of hydrogen-bond donors (Lipinski definition) is 0. The van der Waals surface area contributed by atoms with Crippen LogP contribution >= 0.6 is 0 Å². The highest BCUT2D eigenvalue weighted by atomic mass is 16.7. The number of rotatable bonds is 1. The molecule has 0 amide bonds. The molecular formula is C17H20O5. The van der Waals surface area contributed by atoms with Gasteiger partial charge in [-0.15, -0.1) is 0 Å². The van der Waals surface area contributed by atoms with Crippen LogP contribution in [0, 0.1) is 5.92 Å². The fraction of sp³-hybridized carbons (Fsp3) is 0.529. The van der Waals surface area contributed by atoms with Gasteiger partial charge >= 0.3 is 12.1 Å². The molecule has 5 heteroatoms. The number of carbonyl (C=O) groups is 2. The van der Waals surface area contributed by atoms with Crippen molar-refractivity contribution in [2.75, 3.05) is 6.61 Å². The number of hydrogen-bond acceptors (Lipinski definition) is 5. The first kappa shape index (κ1) is 14.9. The van der Waals surface area contributed by atoms with E-state index in [0.29, 0.717) is 19.4 Å². The summed E-state index contributed by atoms with van der Waals surface area (Å²) in [6, 6.07) is 9.60. The zero-order chi connectivity index (χ0) is 15.4. The first-order valence-electron chi connectivity index (χ1n) is 7.80. The van der Waals surface area contributed by atoms with Crippen molar-refractivity contribution in [3.63, 3.8) is 0 Å². The molecule has 0 unspecified atom stereocenters. The van der Waals surface area contributed by atoms with Crippen LogP contribution < -0.4 is 0 Å². The molecule has 3 rings (SSSR count). The Morgan fingerprint density at radius 3 is 2.64 bits per heavy atom. The van der Waals surface area contributed by atoms with E-state index in [1.54, 1.807) is 0 Å². The monoisotopic (exact) mass is 304 g/mol. The lowest BCUT2D eigenvalue weighted by molar-refractivity contribution is -0.154. The van der Waals surface area contributed by atoms with Crippen molar-refractivity contribution in [2.24, 2.45) is 5.92 Å². The lowest BCUT2D eigenvalue weighted by Gasteiger charge is -2.33. The van der Waals surface area contributed by atoms with Crippen molar-refractivity contribution in [3.05, 3.63) is 35.9 Å². The van der Waals surface area contributed by atoms with E-state index in [4.69, 9.17) is 14.2 Å². The number of carbonyl (C=O) groups excluding carboxylic acids is 2. The Bertz CT molecular complexity index is 527. The molecule has 0 N–H and O–H groups in total. The Labute approximate surface area is 129 Å². The third kappa shape index (κ3) is 3.59. The Balaban J connectivity index is 1.82. The van der Waals surface area contributed by atoms with Gasteiger partial charge in [-0.05, 0) is 18.4 Å². The summed E-state index contributed by atoms with van der Waals surface area (Å²) in [6.45, 7) is 0.388. The summed E-state index contributed by atoms with van der Waals surface area (Å²) in [5, 5.41) is 0. The van der Waals surface area contributed by atoms with E-state index in [1.807, 2.05) is 30.3 Å². The maximum Gasteiger partial charge on any atom is 0.508 e. The van der Waals surface area contributed by atoms with Gasteiger partial charge in [-0.3, -0.25) is 4.79 Å². The van der Waals surface area contributed by atoms with Gasteiger partial charge in [0.2, 0.25) is 0 Å². The van der Waals surface area contributed by atoms with Gasteiger partial charge in [0.15, 0.2) is 0 Å². The van der Waals surface area contributed by atoms with Crippen molar-refractivity contribution in [1.29, 1.82) is 0 Å². The van der Waals surface area contributed by atoms with E-state index >= 15 is 0 Å². The first-order valence-corrected chi connectivity index (χ1v) is 7.80. The van der Waals surface area contributed by atoms with Gasteiger partial charge < -0.3 is 14.2 Å². The number of cyclic esters (lactones) is 2. The van der Waals surface area contributed by atoms with Crippen LogP contribution in [0.1, 0.15) is 43.8 Å². The second-order valence-electron chi connectivity index (χ2n) is 5.85. The van der Waals surface area contributed by atoms with Gasteiger partial charge in [-0.1, -0.05) is 36.8 Å². The predicted octanol–water partition coefficient (Wildman–Crippen LogP) is 3.39. The molecular weight excluding hydrogens is 284 g/mol. The lowest BCUT2D eigenvalue weighted by atomic mass is 9.89. The zero-order valence-electron chi connectivity index (χ0n) is 12.4. The molecule has 2 saturated heterocycles. The summed E-state index contributed by atoms with van der Waals surface area (Å²) in [5.74, 6) is -0.0218. The van der Waals surface area contributed by atoms with Crippen molar-refractivity contribution in [1.82, 2.24) is 0 Å². The van der Waals surface area contributed by atoms with Crippen molar-refractivity contribution in [2.45, 2.75) is 44.3 Å². The second kappa shape index (κ2) is 6.81. The summed E-state index contributed by atoms with van der Waals surface area (Å²) in [6.07, 6.45) is 2.23. The average Bonchev–Trinajstić information content (AvgIpc) is 2.53. The van der Waals surface area contributed by atoms with Crippen molar-refractivity contribution >= 4 is 12.1 Å². The molecule has 0 bridgehead atoms. The summed E-state index contributed by atoms with van der Waals surface area (Å²) in [7, 11) is 0. The first-order chi connectivity index (χ1) is 10.7. The molecule has 0 aliphatic carbocycles. The van der Waals surface area contributed by atoms with Crippen LogP contribution in [-0.4, -0.2) is 24.8 Å². The number of benzene rings is 1. The fourth-order valence-corrected chi connectivity index (χ4v) is 3.07. The third-order valence-electron chi connectivity index (χ3n) is 4.29. The van der Waals surface area contributed by atoms with Crippen LogP contribution in [0.25, 0.3) is 0 Å². The average molecular weight is 304 g/mol. The van der Waals surface area contributed by atoms with E-state index < -0.39 is 6.16 Å². The zero-order valence-corrected chi connectivity index (χ0v) is 12.4. The van der Waals surface area contributed by atoms with Gasteiger partial charge in [0.25, 0.3) is 0 Å². The molecule has 0 spiro atoms. The minimum atomic E-state index is -0.628.